The summed E-state index contributed by atoms with van der Waals surface area (Å²) in [5, 5.41) is 5.53. The Balaban J connectivity index is 1.53. The van der Waals surface area contributed by atoms with E-state index in [1.807, 2.05) is 23.1 Å². The second-order valence-corrected chi connectivity index (χ2v) is 8.47. The molecule has 0 radical (unpaired) electrons. The van der Waals surface area contributed by atoms with Gasteiger partial charge in [-0.05, 0) is 57.3 Å². The SMILES string of the molecule is COc1nn(CC(=O)N2CCCC[C@@H]2CN2CCCCCC2)c(=O)c2ccccc12. The standard InChI is InChI=1S/C23H32N4O3/c1-30-22-19-11-4-5-12-20(19)23(29)27(24-22)17-21(28)26-15-9-6-10-18(26)16-25-13-7-2-3-8-14-25/h4-5,11-12,18H,2-3,6-10,13-17H2,1H3/t18-/m1/s1. The van der Waals surface area contributed by atoms with E-state index in [0.717, 1.165) is 45.4 Å². The summed E-state index contributed by atoms with van der Waals surface area (Å²) in [4.78, 5) is 30.7. The molecule has 0 aliphatic carbocycles. The molecule has 7 heteroatoms. The minimum absolute atomic E-state index is 0.0264. The van der Waals surface area contributed by atoms with Gasteiger partial charge in [0.25, 0.3) is 5.56 Å². The molecule has 30 heavy (non-hydrogen) atoms. The molecule has 1 amide bonds. The number of amides is 1. The summed E-state index contributed by atoms with van der Waals surface area (Å²) in [6.45, 7) is 3.91. The van der Waals surface area contributed by atoms with E-state index in [4.69, 9.17) is 4.74 Å². The van der Waals surface area contributed by atoms with Crippen LogP contribution >= 0.6 is 0 Å². The van der Waals surface area contributed by atoms with Crippen molar-refractivity contribution in [3.05, 3.63) is 34.6 Å². The Morgan fingerprint density at radius 1 is 1.03 bits per heavy atom. The van der Waals surface area contributed by atoms with E-state index in [2.05, 4.69) is 10.00 Å². The number of hydrogen-bond donors (Lipinski definition) is 0. The first-order valence-corrected chi connectivity index (χ1v) is 11.2. The summed E-state index contributed by atoms with van der Waals surface area (Å²) >= 11 is 0. The molecule has 1 aromatic heterocycles. The van der Waals surface area contributed by atoms with Gasteiger partial charge in [-0.25, -0.2) is 4.68 Å². The van der Waals surface area contributed by atoms with Gasteiger partial charge >= 0.3 is 0 Å². The van der Waals surface area contributed by atoms with Gasteiger partial charge in [0, 0.05) is 19.1 Å². The van der Waals surface area contributed by atoms with E-state index in [9.17, 15) is 9.59 Å². The van der Waals surface area contributed by atoms with E-state index in [1.54, 1.807) is 6.07 Å². The van der Waals surface area contributed by atoms with Gasteiger partial charge in [-0.15, -0.1) is 5.10 Å². The molecule has 0 unspecified atom stereocenters. The lowest BCUT2D eigenvalue weighted by Crippen LogP contribution is -2.51. The number of aromatic nitrogens is 2. The second kappa shape index (κ2) is 9.60. The number of benzene rings is 1. The molecule has 2 aliphatic heterocycles. The number of fused-ring (bicyclic) bond motifs is 1. The molecule has 7 nitrogen and oxygen atoms in total. The lowest BCUT2D eigenvalue weighted by Gasteiger charge is -2.38. The fraction of sp³-hybridized carbons (Fsp3) is 0.609. The smallest absolute Gasteiger partial charge is 0.275 e. The van der Waals surface area contributed by atoms with Crippen molar-refractivity contribution < 1.29 is 9.53 Å². The third kappa shape index (κ3) is 4.51. The van der Waals surface area contributed by atoms with Crippen molar-refractivity contribution >= 4 is 16.7 Å². The van der Waals surface area contributed by atoms with Gasteiger partial charge in [0.2, 0.25) is 11.8 Å². The summed E-state index contributed by atoms with van der Waals surface area (Å²) in [6, 6.07) is 7.46. The van der Waals surface area contributed by atoms with Gasteiger partial charge in [0.15, 0.2) is 0 Å². The predicted octanol–water partition coefficient (Wildman–Crippen LogP) is 2.66. The van der Waals surface area contributed by atoms with Gasteiger partial charge in [0.1, 0.15) is 6.54 Å². The zero-order chi connectivity index (χ0) is 20.9. The van der Waals surface area contributed by atoms with Crippen molar-refractivity contribution in [3.8, 4) is 5.88 Å². The number of piperidine rings is 1. The van der Waals surface area contributed by atoms with Crippen LogP contribution in [0.2, 0.25) is 0 Å². The Labute approximate surface area is 177 Å². The van der Waals surface area contributed by atoms with Crippen LogP contribution in [0.15, 0.2) is 29.1 Å². The molecular formula is C23H32N4O3. The third-order valence-corrected chi connectivity index (χ3v) is 6.43. The Hall–Kier alpha value is -2.41. The molecular weight excluding hydrogens is 380 g/mol. The Morgan fingerprint density at radius 2 is 1.73 bits per heavy atom. The van der Waals surface area contributed by atoms with Crippen molar-refractivity contribution in [3.63, 3.8) is 0 Å². The highest BCUT2D eigenvalue weighted by Gasteiger charge is 2.29. The lowest BCUT2D eigenvalue weighted by atomic mass is 10.0. The van der Waals surface area contributed by atoms with Gasteiger partial charge in [-0.1, -0.05) is 25.0 Å². The van der Waals surface area contributed by atoms with Gasteiger partial charge in [-0.2, -0.15) is 0 Å². The van der Waals surface area contributed by atoms with Crippen LogP contribution in [0.25, 0.3) is 10.8 Å². The first-order valence-electron chi connectivity index (χ1n) is 11.2. The highest BCUT2D eigenvalue weighted by atomic mass is 16.5. The normalized spacial score (nSPS) is 20.8. The number of carbonyl (C=O) groups is 1. The monoisotopic (exact) mass is 412 g/mol. The highest BCUT2D eigenvalue weighted by Crippen LogP contribution is 2.22. The average Bonchev–Trinajstić information content (AvgIpc) is 3.05. The number of rotatable bonds is 5. The molecule has 0 saturated carbocycles. The summed E-state index contributed by atoms with van der Waals surface area (Å²) < 4.78 is 6.65. The quantitative estimate of drug-likeness (QED) is 0.755. The van der Waals surface area contributed by atoms with Gasteiger partial charge in [0.05, 0.1) is 17.9 Å². The van der Waals surface area contributed by atoms with E-state index < -0.39 is 0 Å². The Morgan fingerprint density at radius 3 is 2.47 bits per heavy atom. The molecule has 162 valence electrons. The fourth-order valence-corrected chi connectivity index (χ4v) is 4.82. The Kier molecular flexibility index (Phi) is 6.67. The molecule has 2 aliphatic rings. The molecule has 0 N–H and O–H groups in total. The van der Waals surface area contributed by atoms with Gasteiger partial charge < -0.3 is 14.5 Å². The molecule has 1 atom stereocenters. The summed E-state index contributed by atoms with van der Waals surface area (Å²) in [5.74, 6) is 0.346. The first-order chi connectivity index (χ1) is 14.7. The third-order valence-electron chi connectivity index (χ3n) is 6.43. The fourth-order valence-electron chi connectivity index (χ4n) is 4.82. The molecule has 0 bridgehead atoms. The molecule has 0 spiro atoms. The summed E-state index contributed by atoms with van der Waals surface area (Å²) in [5.41, 5.74) is -0.249. The van der Waals surface area contributed by atoms with Crippen LogP contribution in [-0.4, -0.2) is 64.8 Å². The number of nitrogens with zero attached hydrogens (tertiary/aromatic N) is 4. The van der Waals surface area contributed by atoms with E-state index >= 15 is 0 Å². The number of ether oxygens (including phenoxy) is 1. The number of carbonyl (C=O) groups excluding carboxylic acids is 1. The number of hydrogen-bond acceptors (Lipinski definition) is 5. The Bertz CT molecular complexity index is 934. The van der Waals surface area contributed by atoms with Gasteiger partial charge in [-0.3, -0.25) is 9.59 Å². The van der Waals surface area contributed by atoms with E-state index in [-0.39, 0.29) is 24.1 Å². The summed E-state index contributed by atoms with van der Waals surface area (Å²) in [6.07, 6.45) is 8.32. The molecule has 2 fully saturated rings. The summed E-state index contributed by atoms with van der Waals surface area (Å²) in [7, 11) is 1.53. The van der Waals surface area contributed by atoms with Crippen LogP contribution in [0.1, 0.15) is 44.9 Å². The second-order valence-electron chi connectivity index (χ2n) is 8.47. The van der Waals surface area contributed by atoms with Crippen molar-refractivity contribution in [2.24, 2.45) is 0 Å². The van der Waals surface area contributed by atoms with Crippen LogP contribution in [0.4, 0.5) is 0 Å². The molecule has 4 rings (SSSR count). The van der Waals surface area contributed by atoms with Crippen molar-refractivity contribution in [1.29, 1.82) is 0 Å². The van der Waals surface area contributed by atoms with Crippen LogP contribution in [0, 0.1) is 0 Å². The first kappa shape index (κ1) is 20.8. The van der Waals surface area contributed by atoms with Crippen LogP contribution in [0.5, 0.6) is 5.88 Å². The van der Waals surface area contributed by atoms with Crippen LogP contribution in [0.3, 0.4) is 0 Å². The average molecular weight is 413 g/mol. The predicted molar refractivity (Wildman–Crippen MR) is 117 cm³/mol. The molecule has 2 saturated heterocycles. The van der Waals surface area contributed by atoms with Crippen molar-refractivity contribution in [2.45, 2.75) is 57.5 Å². The zero-order valence-electron chi connectivity index (χ0n) is 17.9. The van der Waals surface area contributed by atoms with Crippen molar-refractivity contribution in [1.82, 2.24) is 19.6 Å². The topological polar surface area (TPSA) is 67.7 Å². The number of methoxy groups -OCH3 is 1. The lowest BCUT2D eigenvalue weighted by molar-refractivity contribution is -0.136. The van der Waals surface area contributed by atoms with E-state index in [1.165, 1.54) is 37.5 Å². The van der Waals surface area contributed by atoms with Crippen LogP contribution in [-0.2, 0) is 11.3 Å². The number of likely N-dealkylation sites (tertiary alicyclic amines) is 2. The molecule has 2 aromatic rings. The largest absolute Gasteiger partial charge is 0.480 e. The minimum atomic E-state index is -0.249. The maximum atomic E-state index is 13.2. The molecule has 1 aromatic carbocycles. The highest BCUT2D eigenvalue weighted by molar-refractivity contribution is 5.86. The van der Waals surface area contributed by atoms with Crippen LogP contribution < -0.4 is 10.3 Å². The zero-order valence-corrected chi connectivity index (χ0v) is 17.9. The van der Waals surface area contributed by atoms with Crippen molar-refractivity contribution in [2.75, 3.05) is 33.3 Å². The maximum Gasteiger partial charge on any atom is 0.275 e. The minimum Gasteiger partial charge on any atom is -0.480 e. The van der Waals surface area contributed by atoms with E-state index in [0.29, 0.717) is 16.7 Å². The maximum absolute atomic E-state index is 13.2. The molecule has 3 heterocycles.